The first-order valence-electron chi connectivity index (χ1n) is 6.71. The molecule has 1 aromatic carbocycles. The Kier molecular flexibility index (Phi) is 4.32. The van der Waals surface area contributed by atoms with Gasteiger partial charge in [-0.15, -0.1) is 0 Å². The number of hydrogen-bond acceptors (Lipinski definition) is 4. The molecule has 21 heavy (non-hydrogen) atoms. The predicted octanol–water partition coefficient (Wildman–Crippen LogP) is 1.26. The van der Waals surface area contributed by atoms with Crippen LogP contribution < -0.4 is 5.32 Å². The Morgan fingerprint density at radius 2 is 2.05 bits per heavy atom. The fourth-order valence-electron chi connectivity index (χ4n) is 2.43. The third-order valence-electron chi connectivity index (χ3n) is 3.57. The third-order valence-corrected chi connectivity index (χ3v) is 3.57. The zero-order valence-corrected chi connectivity index (χ0v) is 12.0. The number of anilines is 1. The number of likely N-dealkylation sites (N-methyl/N-ethyl adjacent to an activating group) is 1. The number of urea groups is 1. The number of nitrogens with one attached hydrogen (secondary N) is 1. The molecule has 1 saturated heterocycles. The van der Waals surface area contributed by atoms with Gasteiger partial charge in [-0.3, -0.25) is 0 Å². The number of phenols is 1. The largest absolute Gasteiger partial charge is 0.507 e. The summed E-state index contributed by atoms with van der Waals surface area (Å²) in [6, 6.07) is 3.80. The van der Waals surface area contributed by atoms with Crippen molar-refractivity contribution in [3.63, 3.8) is 0 Å². The third kappa shape index (κ3) is 3.43. The standard InChI is InChI=1S/C14H19N3O4/c1-9-8-16(2)5-6-17(9)14(21)15-10-3-4-11(13(19)20)12(18)7-10/h3-4,7,9,18H,5-6,8H2,1-2H3,(H,15,21)(H,19,20). The Balaban J connectivity index is 2.06. The molecular weight excluding hydrogens is 274 g/mol. The maximum Gasteiger partial charge on any atom is 0.339 e. The Morgan fingerprint density at radius 1 is 1.33 bits per heavy atom. The number of carbonyl (C=O) groups is 2. The lowest BCUT2D eigenvalue weighted by Gasteiger charge is -2.38. The van der Waals surface area contributed by atoms with Gasteiger partial charge < -0.3 is 25.3 Å². The lowest BCUT2D eigenvalue weighted by Crippen LogP contribution is -2.53. The second-order valence-corrected chi connectivity index (χ2v) is 5.27. The van der Waals surface area contributed by atoms with E-state index < -0.39 is 5.97 Å². The van der Waals surface area contributed by atoms with Crippen molar-refractivity contribution in [2.75, 3.05) is 32.0 Å². The van der Waals surface area contributed by atoms with E-state index >= 15 is 0 Å². The summed E-state index contributed by atoms with van der Waals surface area (Å²) in [5.41, 5.74) is 0.176. The Morgan fingerprint density at radius 3 is 2.62 bits per heavy atom. The van der Waals surface area contributed by atoms with Crippen LogP contribution in [0.5, 0.6) is 5.75 Å². The van der Waals surface area contributed by atoms with E-state index in [1.165, 1.54) is 18.2 Å². The number of aromatic carboxylic acids is 1. The number of carboxylic acids is 1. The summed E-state index contributed by atoms with van der Waals surface area (Å²) in [5, 5.41) is 21.1. The fraction of sp³-hybridized carbons (Fsp3) is 0.429. The van der Waals surface area contributed by atoms with E-state index in [0.717, 1.165) is 13.1 Å². The first kappa shape index (κ1) is 15.1. The minimum absolute atomic E-state index is 0.0932. The molecule has 1 unspecified atom stereocenters. The monoisotopic (exact) mass is 293 g/mol. The van der Waals surface area contributed by atoms with E-state index in [-0.39, 0.29) is 23.4 Å². The number of carbonyl (C=O) groups excluding carboxylic acids is 1. The molecule has 0 aromatic heterocycles. The minimum Gasteiger partial charge on any atom is -0.507 e. The van der Waals surface area contributed by atoms with Crippen molar-refractivity contribution in [1.29, 1.82) is 0 Å². The SMILES string of the molecule is CC1CN(C)CCN1C(=O)Nc1ccc(C(=O)O)c(O)c1. The maximum atomic E-state index is 12.2. The van der Waals surface area contributed by atoms with Crippen molar-refractivity contribution in [3.05, 3.63) is 23.8 Å². The summed E-state index contributed by atoms with van der Waals surface area (Å²) in [6.07, 6.45) is 0. The fourth-order valence-corrected chi connectivity index (χ4v) is 2.43. The molecule has 0 radical (unpaired) electrons. The number of hydrogen-bond donors (Lipinski definition) is 3. The molecule has 2 amide bonds. The minimum atomic E-state index is -1.21. The molecule has 1 aliphatic rings. The zero-order valence-electron chi connectivity index (χ0n) is 12.0. The van der Waals surface area contributed by atoms with Crippen molar-refractivity contribution in [2.45, 2.75) is 13.0 Å². The summed E-state index contributed by atoms with van der Waals surface area (Å²) in [6.45, 7) is 4.21. The van der Waals surface area contributed by atoms with Gasteiger partial charge in [-0.25, -0.2) is 9.59 Å². The highest BCUT2D eigenvalue weighted by Crippen LogP contribution is 2.22. The molecule has 1 heterocycles. The molecule has 0 bridgehead atoms. The lowest BCUT2D eigenvalue weighted by molar-refractivity contribution is 0.0693. The molecular formula is C14H19N3O4. The summed E-state index contributed by atoms with van der Waals surface area (Å²) in [4.78, 5) is 26.9. The molecule has 1 fully saturated rings. The van der Waals surface area contributed by atoms with Crippen LogP contribution in [0.1, 0.15) is 17.3 Å². The van der Waals surface area contributed by atoms with Gasteiger partial charge >= 0.3 is 12.0 Å². The number of benzene rings is 1. The first-order valence-corrected chi connectivity index (χ1v) is 6.71. The lowest BCUT2D eigenvalue weighted by atomic mass is 10.2. The van der Waals surface area contributed by atoms with Crippen LogP contribution in [0, 0.1) is 0 Å². The van der Waals surface area contributed by atoms with Crippen LogP contribution in [-0.2, 0) is 0 Å². The number of piperazine rings is 1. The van der Waals surface area contributed by atoms with Gasteiger partial charge in [-0.2, -0.15) is 0 Å². The molecule has 7 heteroatoms. The zero-order chi connectivity index (χ0) is 15.6. The summed E-state index contributed by atoms with van der Waals surface area (Å²) < 4.78 is 0. The van der Waals surface area contributed by atoms with Crippen molar-refractivity contribution in [2.24, 2.45) is 0 Å². The van der Waals surface area contributed by atoms with Gasteiger partial charge in [0.25, 0.3) is 0 Å². The molecule has 0 spiro atoms. The molecule has 1 atom stereocenters. The average molecular weight is 293 g/mol. The van der Waals surface area contributed by atoms with Gasteiger partial charge in [0.05, 0.1) is 0 Å². The summed E-state index contributed by atoms with van der Waals surface area (Å²) in [5.74, 6) is -1.58. The predicted molar refractivity (Wildman–Crippen MR) is 77.7 cm³/mol. The van der Waals surface area contributed by atoms with Crippen molar-refractivity contribution in [1.82, 2.24) is 9.80 Å². The second kappa shape index (κ2) is 6.01. The average Bonchev–Trinajstić information content (AvgIpc) is 2.37. The van der Waals surface area contributed by atoms with Crippen LogP contribution in [-0.4, -0.2) is 64.7 Å². The number of rotatable bonds is 2. The van der Waals surface area contributed by atoms with Gasteiger partial charge in [0.1, 0.15) is 11.3 Å². The number of nitrogens with zero attached hydrogens (tertiary/aromatic N) is 2. The second-order valence-electron chi connectivity index (χ2n) is 5.27. The maximum absolute atomic E-state index is 12.2. The van der Waals surface area contributed by atoms with E-state index in [4.69, 9.17) is 5.11 Å². The molecule has 1 aromatic rings. The van der Waals surface area contributed by atoms with E-state index in [0.29, 0.717) is 12.2 Å². The van der Waals surface area contributed by atoms with Crippen LogP contribution in [0.15, 0.2) is 18.2 Å². The summed E-state index contributed by atoms with van der Waals surface area (Å²) >= 11 is 0. The van der Waals surface area contributed by atoms with E-state index in [2.05, 4.69) is 10.2 Å². The normalized spacial score (nSPS) is 19.3. The van der Waals surface area contributed by atoms with Crippen LogP contribution in [0.2, 0.25) is 0 Å². The van der Waals surface area contributed by atoms with Gasteiger partial charge in [0.15, 0.2) is 0 Å². The Hall–Kier alpha value is -2.28. The first-order chi connectivity index (χ1) is 9.88. The van der Waals surface area contributed by atoms with Gasteiger partial charge in [-0.1, -0.05) is 0 Å². The number of carboxylic acid groups (broad SMARTS) is 1. The smallest absolute Gasteiger partial charge is 0.339 e. The quantitative estimate of drug-likeness (QED) is 0.763. The van der Waals surface area contributed by atoms with Crippen LogP contribution in [0.25, 0.3) is 0 Å². The molecule has 7 nitrogen and oxygen atoms in total. The van der Waals surface area contributed by atoms with Gasteiger partial charge in [0, 0.05) is 37.4 Å². The molecule has 0 saturated carbocycles. The molecule has 3 N–H and O–H groups in total. The Bertz CT molecular complexity index is 561. The highest BCUT2D eigenvalue weighted by atomic mass is 16.4. The van der Waals surface area contributed by atoms with Crippen LogP contribution >= 0.6 is 0 Å². The topological polar surface area (TPSA) is 93.1 Å². The van der Waals surface area contributed by atoms with E-state index in [9.17, 15) is 14.7 Å². The molecule has 0 aliphatic carbocycles. The molecule has 114 valence electrons. The van der Waals surface area contributed by atoms with E-state index in [1.807, 2.05) is 14.0 Å². The molecule has 2 rings (SSSR count). The van der Waals surface area contributed by atoms with Crippen LogP contribution in [0.3, 0.4) is 0 Å². The van der Waals surface area contributed by atoms with E-state index in [1.54, 1.807) is 4.90 Å². The van der Waals surface area contributed by atoms with Crippen molar-refractivity contribution >= 4 is 17.7 Å². The van der Waals surface area contributed by atoms with Crippen LogP contribution in [0.4, 0.5) is 10.5 Å². The Labute approximate surface area is 122 Å². The summed E-state index contributed by atoms with van der Waals surface area (Å²) in [7, 11) is 2.01. The number of aromatic hydroxyl groups is 1. The number of amides is 2. The highest BCUT2D eigenvalue weighted by Gasteiger charge is 2.25. The van der Waals surface area contributed by atoms with Crippen molar-refractivity contribution < 1.29 is 19.8 Å². The highest BCUT2D eigenvalue weighted by molar-refractivity contribution is 5.94. The molecule has 1 aliphatic heterocycles. The van der Waals surface area contributed by atoms with Crippen molar-refractivity contribution in [3.8, 4) is 5.75 Å². The van der Waals surface area contributed by atoms with Gasteiger partial charge in [-0.05, 0) is 26.1 Å². The van der Waals surface area contributed by atoms with Gasteiger partial charge in [0.2, 0.25) is 0 Å².